The van der Waals surface area contributed by atoms with Gasteiger partial charge in [0.05, 0.1) is 4.90 Å². The Bertz CT molecular complexity index is 789. The van der Waals surface area contributed by atoms with Crippen LogP contribution in [0.25, 0.3) is 0 Å². The minimum atomic E-state index is -3.76. The monoisotopic (exact) mass is 319 g/mol. The maximum atomic E-state index is 12.4. The number of amides is 1. The first-order valence-electron chi connectivity index (χ1n) is 6.64. The normalized spacial score (nSPS) is 12.8. The van der Waals surface area contributed by atoms with Gasteiger partial charge in [-0.2, -0.15) is 0 Å². The summed E-state index contributed by atoms with van der Waals surface area (Å²) in [4.78, 5) is 15.2. The van der Waals surface area contributed by atoms with E-state index in [1.807, 2.05) is 0 Å². The molecule has 1 heterocycles. The highest BCUT2D eigenvalue weighted by Crippen LogP contribution is 2.19. The number of aromatic nitrogens is 1. The Morgan fingerprint density at radius 2 is 1.86 bits per heavy atom. The first kappa shape index (κ1) is 16.1. The highest BCUT2D eigenvalue weighted by molar-refractivity contribution is 7.89. The largest absolute Gasteiger partial charge is 0.366 e. The first-order chi connectivity index (χ1) is 10.3. The topological polar surface area (TPSA) is 102 Å². The summed E-state index contributed by atoms with van der Waals surface area (Å²) in [6.45, 7) is 3.43. The lowest BCUT2D eigenvalue weighted by Gasteiger charge is -2.15. The van der Waals surface area contributed by atoms with Crippen molar-refractivity contribution >= 4 is 15.9 Å². The number of rotatable bonds is 5. The molecule has 2 rings (SSSR count). The van der Waals surface area contributed by atoms with E-state index < -0.39 is 22.0 Å². The van der Waals surface area contributed by atoms with Crippen LogP contribution in [0, 0.1) is 6.92 Å². The highest BCUT2D eigenvalue weighted by atomic mass is 32.2. The van der Waals surface area contributed by atoms with Crippen molar-refractivity contribution in [3.05, 3.63) is 59.4 Å². The zero-order valence-corrected chi connectivity index (χ0v) is 13.1. The Morgan fingerprint density at radius 3 is 2.45 bits per heavy atom. The first-order valence-corrected chi connectivity index (χ1v) is 8.12. The molecule has 0 spiro atoms. The molecule has 1 atom stereocenters. The predicted octanol–water partition coefficient (Wildman–Crippen LogP) is 1.53. The van der Waals surface area contributed by atoms with Crippen molar-refractivity contribution in [3.63, 3.8) is 0 Å². The van der Waals surface area contributed by atoms with Crippen LogP contribution in [0.2, 0.25) is 0 Å². The molecule has 0 fully saturated rings. The molecular formula is C15H17N3O3S. The van der Waals surface area contributed by atoms with Crippen molar-refractivity contribution in [2.45, 2.75) is 24.8 Å². The van der Waals surface area contributed by atoms with Gasteiger partial charge in [-0.05, 0) is 49.2 Å². The van der Waals surface area contributed by atoms with Crippen LogP contribution < -0.4 is 10.5 Å². The van der Waals surface area contributed by atoms with Gasteiger partial charge in [-0.25, -0.2) is 13.1 Å². The fourth-order valence-corrected chi connectivity index (χ4v) is 3.31. The average molecular weight is 319 g/mol. The number of primary amides is 1. The molecule has 116 valence electrons. The lowest BCUT2D eigenvalue weighted by molar-refractivity contribution is 0.0999. The molecule has 3 N–H and O–H groups in total. The Labute approximate surface area is 129 Å². The molecule has 1 amide bonds. The summed E-state index contributed by atoms with van der Waals surface area (Å²) in [5.74, 6) is -0.656. The summed E-state index contributed by atoms with van der Waals surface area (Å²) >= 11 is 0. The summed E-state index contributed by atoms with van der Waals surface area (Å²) in [6, 6.07) is 7.34. The molecule has 0 saturated carbocycles. The summed E-state index contributed by atoms with van der Waals surface area (Å²) in [6.07, 6.45) is 3.19. The van der Waals surface area contributed by atoms with Gasteiger partial charge in [-0.3, -0.25) is 9.78 Å². The molecule has 0 aliphatic rings. The molecule has 1 aromatic heterocycles. The molecule has 0 aliphatic heterocycles. The number of benzene rings is 1. The number of carbonyl (C=O) groups is 1. The van der Waals surface area contributed by atoms with Crippen LogP contribution in [0.4, 0.5) is 0 Å². The number of hydrogen-bond acceptors (Lipinski definition) is 4. The molecule has 0 aliphatic carbocycles. The predicted molar refractivity (Wildman–Crippen MR) is 82.7 cm³/mol. The molecule has 6 nitrogen and oxygen atoms in total. The van der Waals surface area contributed by atoms with Crippen molar-refractivity contribution in [1.82, 2.24) is 9.71 Å². The Kier molecular flexibility index (Phi) is 4.58. The lowest BCUT2D eigenvalue weighted by Crippen LogP contribution is -2.27. The summed E-state index contributed by atoms with van der Waals surface area (Å²) in [5.41, 5.74) is 6.88. The van der Waals surface area contributed by atoms with E-state index in [-0.39, 0.29) is 10.5 Å². The van der Waals surface area contributed by atoms with Crippen molar-refractivity contribution in [2.75, 3.05) is 0 Å². The van der Waals surface area contributed by atoms with E-state index in [1.54, 1.807) is 44.4 Å². The second kappa shape index (κ2) is 6.25. The van der Waals surface area contributed by atoms with Crippen molar-refractivity contribution in [3.8, 4) is 0 Å². The smallest absolute Gasteiger partial charge is 0.249 e. The van der Waals surface area contributed by atoms with E-state index in [4.69, 9.17) is 5.73 Å². The van der Waals surface area contributed by atoms with Crippen LogP contribution in [0.3, 0.4) is 0 Å². The van der Waals surface area contributed by atoms with Gasteiger partial charge >= 0.3 is 0 Å². The second-order valence-corrected chi connectivity index (χ2v) is 6.68. The molecule has 2 aromatic rings. The maximum Gasteiger partial charge on any atom is 0.249 e. The maximum absolute atomic E-state index is 12.4. The van der Waals surface area contributed by atoms with Crippen LogP contribution in [0.1, 0.15) is 34.5 Å². The average Bonchev–Trinajstić information content (AvgIpc) is 2.47. The molecule has 1 unspecified atom stereocenters. The third kappa shape index (κ3) is 3.49. The fraction of sp³-hybridized carbons (Fsp3) is 0.200. The SMILES string of the molecule is Cc1ccc(S(=O)(=O)NC(C)c2ccncc2)cc1C(N)=O. The zero-order chi connectivity index (χ0) is 16.3. The Morgan fingerprint density at radius 1 is 1.23 bits per heavy atom. The Balaban J connectivity index is 2.31. The molecule has 22 heavy (non-hydrogen) atoms. The summed E-state index contributed by atoms with van der Waals surface area (Å²) in [7, 11) is -3.76. The number of sulfonamides is 1. The third-order valence-electron chi connectivity index (χ3n) is 3.32. The fourth-order valence-electron chi connectivity index (χ4n) is 2.05. The van der Waals surface area contributed by atoms with E-state index >= 15 is 0 Å². The number of nitrogens with one attached hydrogen (secondary N) is 1. The standard InChI is InChI=1S/C15H17N3O3S/c1-10-3-4-13(9-14(10)15(16)19)22(20,21)18-11(2)12-5-7-17-8-6-12/h3-9,11,18H,1-2H3,(H2,16,19). The van der Waals surface area contributed by atoms with E-state index in [1.165, 1.54) is 12.1 Å². The molecule has 7 heteroatoms. The summed E-state index contributed by atoms with van der Waals surface area (Å²) < 4.78 is 27.4. The number of aryl methyl sites for hydroxylation is 1. The van der Waals surface area contributed by atoms with Gasteiger partial charge in [0.25, 0.3) is 0 Å². The van der Waals surface area contributed by atoms with Crippen LogP contribution in [-0.2, 0) is 10.0 Å². The second-order valence-electron chi connectivity index (χ2n) is 4.96. The zero-order valence-electron chi connectivity index (χ0n) is 12.3. The van der Waals surface area contributed by atoms with E-state index in [0.29, 0.717) is 5.56 Å². The van der Waals surface area contributed by atoms with Crippen molar-refractivity contribution in [2.24, 2.45) is 5.73 Å². The minimum Gasteiger partial charge on any atom is -0.366 e. The van der Waals surface area contributed by atoms with Gasteiger partial charge in [-0.1, -0.05) is 6.07 Å². The van der Waals surface area contributed by atoms with E-state index in [2.05, 4.69) is 9.71 Å². The lowest BCUT2D eigenvalue weighted by atomic mass is 10.1. The molecule has 0 radical (unpaired) electrons. The quantitative estimate of drug-likeness (QED) is 0.872. The van der Waals surface area contributed by atoms with Crippen LogP contribution in [0.15, 0.2) is 47.6 Å². The van der Waals surface area contributed by atoms with Crippen LogP contribution >= 0.6 is 0 Å². The number of hydrogen-bond donors (Lipinski definition) is 2. The molecule has 1 aromatic carbocycles. The van der Waals surface area contributed by atoms with Crippen molar-refractivity contribution in [1.29, 1.82) is 0 Å². The number of pyridine rings is 1. The third-order valence-corrected chi connectivity index (χ3v) is 4.86. The van der Waals surface area contributed by atoms with Gasteiger partial charge in [-0.15, -0.1) is 0 Å². The van der Waals surface area contributed by atoms with Crippen LogP contribution in [-0.4, -0.2) is 19.3 Å². The van der Waals surface area contributed by atoms with Crippen LogP contribution in [0.5, 0.6) is 0 Å². The van der Waals surface area contributed by atoms with E-state index in [9.17, 15) is 13.2 Å². The molecular weight excluding hydrogens is 302 g/mol. The Hall–Kier alpha value is -2.25. The van der Waals surface area contributed by atoms with E-state index in [0.717, 1.165) is 5.56 Å². The van der Waals surface area contributed by atoms with Gasteiger partial charge in [0.15, 0.2) is 0 Å². The van der Waals surface area contributed by atoms with Gasteiger partial charge in [0.1, 0.15) is 0 Å². The number of carbonyl (C=O) groups excluding carboxylic acids is 1. The van der Waals surface area contributed by atoms with Gasteiger partial charge < -0.3 is 5.73 Å². The summed E-state index contributed by atoms with van der Waals surface area (Å²) in [5, 5.41) is 0. The van der Waals surface area contributed by atoms with Gasteiger partial charge in [0.2, 0.25) is 15.9 Å². The molecule has 0 saturated heterocycles. The van der Waals surface area contributed by atoms with Crippen molar-refractivity contribution < 1.29 is 13.2 Å². The molecule has 0 bridgehead atoms. The minimum absolute atomic E-state index is 0.00723. The number of nitrogens with zero attached hydrogens (tertiary/aromatic N) is 1. The number of nitrogens with two attached hydrogens (primary N) is 1. The highest BCUT2D eigenvalue weighted by Gasteiger charge is 2.20. The van der Waals surface area contributed by atoms with Gasteiger partial charge in [0, 0.05) is 24.0 Å².